The number of thioether (sulfide) groups is 1. The van der Waals surface area contributed by atoms with E-state index in [2.05, 4.69) is 0 Å². The van der Waals surface area contributed by atoms with Crippen LogP contribution in [0.4, 0.5) is 11.4 Å². The van der Waals surface area contributed by atoms with Crippen molar-refractivity contribution in [3.63, 3.8) is 0 Å². The van der Waals surface area contributed by atoms with E-state index >= 15 is 0 Å². The molecule has 0 unspecified atom stereocenters. The van der Waals surface area contributed by atoms with Crippen LogP contribution in [0.5, 0.6) is 0 Å². The number of rotatable bonds is 4. The second-order valence-electron chi connectivity index (χ2n) is 5.11. The maximum absolute atomic E-state index is 12.5. The highest BCUT2D eigenvalue weighted by molar-refractivity contribution is 8.00. The highest BCUT2D eigenvalue weighted by Gasteiger charge is 2.40. The summed E-state index contributed by atoms with van der Waals surface area (Å²) in [5.74, 6) is -0.644. The Labute approximate surface area is 146 Å². The quantitative estimate of drug-likeness (QED) is 0.471. The molecule has 8 heteroatoms. The third-order valence-electron chi connectivity index (χ3n) is 3.52. The zero-order valence-corrected chi connectivity index (χ0v) is 13.8. The molecule has 6 nitrogen and oxygen atoms in total. The molecule has 1 aliphatic rings. The Morgan fingerprint density at radius 1 is 1.08 bits per heavy atom. The Hall–Kier alpha value is -2.38. The van der Waals surface area contributed by atoms with Gasteiger partial charge in [0.15, 0.2) is 0 Å². The third-order valence-corrected chi connectivity index (χ3v) is 4.97. The number of nitro benzene ring substituents is 1. The van der Waals surface area contributed by atoms with Crippen molar-refractivity contribution < 1.29 is 14.5 Å². The van der Waals surface area contributed by atoms with Crippen LogP contribution in [0.25, 0.3) is 0 Å². The summed E-state index contributed by atoms with van der Waals surface area (Å²) in [5.41, 5.74) is 0.250. The lowest BCUT2D eigenvalue weighted by atomic mass is 10.2. The fourth-order valence-corrected chi connectivity index (χ4v) is 3.55. The molecule has 3 rings (SSSR count). The van der Waals surface area contributed by atoms with E-state index in [1.807, 2.05) is 0 Å². The molecular formula is C16H11ClN2O4S. The molecule has 0 saturated carbocycles. The van der Waals surface area contributed by atoms with Crippen LogP contribution in [0.15, 0.2) is 53.4 Å². The minimum atomic E-state index is -0.531. The Morgan fingerprint density at radius 2 is 1.71 bits per heavy atom. The summed E-state index contributed by atoms with van der Waals surface area (Å²) in [5, 5.41) is 10.8. The van der Waals surface area contributed by atoms with Crippen LogP contribution < -0.4 is 4.90 Å². The van der Waals surface area contributed by atoms with E-state index in [0.29, 0.717) is 10.7 Å². The van der Waals surface area contributed by atoms with Crippen LogP contribution in [0, 0.1) is 10.1 Å². The molecule has 0 aliphatic carbocycles. The summed E-state index contributed by atoms with van der Waals surface area (Å²) in [6.07, 6.45) is 0.0864. The molecule has 0 spiro atoms. The number of anilines is 1. The number of nitrogens with zero attached hydrogens (tertiary/aromatic N) is 2. The molecule has 122 valence electrons. The van der Waals surface area contributed by atoms with Gasteiger partial charge in [-0.05, 0) is 36.4 Å². The molecular weight excluding hydrogens is 352 g/mol. The summed E-state index contributed by atoms with van der Waals surface area (Å²) < 4.78 is 0. The van der Waals surface area contributed by atoms with Crippen LogP contribution in [0.1, 0.15) is 6.42 Å². The number of benzene rings is 2. The first-order valence-electron chi connectivity index (χ1n) is 6.99. The van der Waals surface area contributed by atoms with Crippen molar-refractivity contribution in [3.8, 4) is 0 Å². The summed E-state index contributed by atoms with van der Waals surface area (Å²) in [4.78, 5) is 36.8. The molecule has 2 aromatic rings. The van der Waals surface area contributed by atoms with E-state index in [4.69, 9.17) is 11.6 Å². The SMILES string of the molecule is O=C1C[C@H](Sc2ccc(Cl)cc2)C(=O)N1c1ccc([N+](=O)[O-])cc1. The lowest BCUT2D eigenvalue weighted by Crippen LogP contribution is -2.31. The van der Waals surface area contributed by atoms with Crippen molar-refractivity contribution in [2.24, 2.45) is 0 Å². The molecule has 0 bridgehead atoms. The normalized spacial score (nSPS) is 17.4. The molecule has 0 aromatic heterocycles. The molecule has 1 heterocycles. The van der Waals surface area contributed by atoms with Gasteiger partial charge >= 0.3 is 0 Å². The van der Waals surface area contributed by atoms with E-state index < -0.39 is 10.2 Å². The summed E-state index contributed by atoms with van der Waals surface area (Å²) in [7, 11) is 0. The first-order chi connectivity index (χ1) is 11.5. The van der Waals surface area contributed by atoms with Crippen LogP contribution >= 0.6 is 23.4 Å². The van der Waals surface area contributed by atoms with Crippen LogP contribution in [0.3, 0.4) is 0 Å². The Kier molecular flexibility index (Phi) is 4.55. The smallest absolute Gasteiger partial charge is 0.269 e. The van der Waals surface area contributed by atoms with Gasteiger partial charge in [-0.25, -0.2) is 4.90 Å². The minimum Gasteiger partial charge on any atom is -0.274 e. The number of hydrogen-bond donors (Lipinski definition) is 0. The molecule has 0 N–H and O–H groups in total. The van der Waals surface area contributed by atoms with Crippen molar-refractivity contribution in [3.05, 3.63) is 63.7 Å². The molecule has 2 amide bonds. The Morgan fingerprint density at radius 3 is 2.29 bits per heavy atom. The van der Waals surface area contributed by atoms with Gasteiger partial charge in [-0.15, -0.1) is 11.8 Å². The molecule has 1 saturated heterocycles. The number of non-ortho nitro benzene ring substituents is 1. The van der Waals surface area contributed by atoms with Gasteiger partial charge in [-0.3, -0.25) is 19.7 Å². The number of carbonyl (C=O) groups excluding carboxylic acids is 2. The second-order valence-corrected chi connectivity index (χ2v) is 6.82. The summed E-state index contributed by atoms with van der Waals surface area (Å²) in [6.45, 7) is 0. The molecule has 0 radical (unpaired) electrons. The van der Waals surface area contributed by atoms with Gasteiger partial charge in [-0.2, -0.15) is 0 Å². The van der Waals surface area contributed by atoms with Gasteiger partial charge in [0.05, 0.1) is 15.9 Å². The molecule has 24 heavy (non-hydrogen) atoms. The summed E-state index contributed by atoms with van der Waals surface area (Å²) >= 11 is 7.13. The first kappa shape index (κ1) is 16.5. The van der Waals surface area contributed by atoms with Crippen LogP contribution in [-0.4, -0.2) is 22.0 Å². The van der Waals surface area contributed by atoms with Gasteiger partial charge in [0.1, 0.15) is 0 Å². The Bertz CT molecular complexity index is 808. The predicted octanol–water partition coefficient (Wildman–Crippen LogP) is 3.67. The van der Waals surface area contributed by atoms with Gasteiger partial charge in [0, 0.05) is 28.5 Å². The lowest BCUT2D eigenvalue weighted by Gasteiger charge is -2.14. The van der Waals surface area contributed by atoms with Crippen molar-refractivity contribution in [1.29, 1.82) is 0 Å². The fraction of sp³-hybridized carbons (Fsp3) is 0.125. The number of carbonyl (C=O) groups is 2. The topological polar surface area (TPSA) is 80.5 Å². The van der Waals surface area contributed by atoms with E-state index in [-0.39, 0.29) is 23.9 Å². The minimum absolute atomic E-state index is 0.0864. The zero-order valence-electron chi connectivity index (χ0n) is 12.2. The van der Waals surface area contributed by atoms with Gasteiger partial charge in [-0.1, -0.05) is 11.6 Å². The van der Waals surface area contributed by atoms with Crippen molar-refractivity contribution in [2.75, 3.05) is 4.90 Å². The maximum atomic E-state index is 12.5. The number of halogens is 1. The third kappa shape index (κ3) is 3.27. The van der Waals surface area contributed by atoms with Gasteiger partial charge in [0.2, 0.25) is 11.8 Å². The van der Waals surface area contributed by atoms with Crippen molar-refractivity contribution >= 4 is 46.6 Å². The largest absolute Gasteiger partial charge is 0.274 e. The highest BCUT2D eigenvalue weighted by Crippen LogP contribution is 2.34. The maximum Gasteiger partial charge on any atom is 0.269 e. The average molecular weight is 363 g/mol. The van der Waals surface area contributed by atoms with Crippen molar-refractivity contribution in [2.45, 2.75) is 16.6 Å². The van der Waals surface area contributed by atoms with Crippen LogP contribution in [0.2, 0.25) is 5.02 Å². The van der Waals surface area contributed by atoms with E-state index in [1.165, 1.54) is 36.0 Å². The van der Waals surface area contributed by atoms with Gasteiger partial charge < -0.3 is 0 Å². The highest BCUT2D eigenvalue weighted by atomic mass is 35.5. The number of nitro groups is 1. The van der Waals surface area contributed by atoms with E-state index in [9.17, 15) is 19.7 Å². The first-order valence-corrected chi connectivity index (χ1v) is 8.25. The molecule has 2 aromatic carbocycles. The van der Waals surface area contributed by atoms with E-state index in [0.717, 1.165) is 9.80 Å². The second kappa shape index (κ2) is 6.62. The standard InChI is InChI=1S/C16H11ClN2O4S/c17-10-1-7-13(8-2-10)24-14-9-15(20)18(16(14)21)11-3-5-12(6-4-11)19(22)23/h1-8,14H,9H2/t14-/m0/s1. The molecule has 1 aliphatic heterocycles. The number of imide groups is 1. The number of amides is 2. The monoisotopic (exact) mass is 362 g/mol. The summed E-state index contributed by atoms with van der Waals surface area (Å²) in [6, 6.07) is 12.4. The number of hydrogen-bond acceptors (Lipinski definition) is 5. The average Bonchev–Trinajstić information content (AvgIpc) is 2.83. The van der Waals surface area contributed by atoms with Crippen molar-refractivity contribution in [1.82, 2.24) is 0 Å². The fourth-order valence-electron chi connectivity index (χ4n) is 2.37. The lowest BCUT2D eigenvalue weighted by molar-refractivity contribution is -0.384. The predicted molar refractivity (Wildman–Crippen MR) is 91.3 cm³/mol. The molecule has 1 atom stereocenters. The van der Waals surface area contributed by atoms with Crippen LogP contribution in [-0.2, 0) is 9.59 Å². The molecule has 1 fully saturated rings. The Balaban J connectivity index is 1.78. The van der Waals surface area contributed by atoms with Gasteiger partial charge in [0.25, 0.3) is 5.69 Å². The zero-order chi connectivity index (χ0) is 17.3. The van der Waals surface area contributed by atoms with E-state index in [1.54, 1.807) is 24.3 Å².